The van der Waals surface area contributed by atoms with E-state index in [1.807, 2.05) is 6.92 Å². The molecule has 2 rings (SSSR count). The molecule has 18 heavy (non-hydrogen) atoms. The second kappa shape index (κ2) is 5.85. The van der Waals surface area contributed by atoms with E-state index < -0.39 is 0 Å². The highest BCUT2D eigenvalue weighted by molar-refractivity contribution is 5.06. The summed E-state index contributed by atoms with van der Waals surface area (Å²) in [5.41, 5.74) is 6.88. The molecule has 1 saturated heterocycles. The first kappa shape index (κ1) is 13.6. The maximum Gasteiger partial charge on any atom is 0.105 e. The van der Waals surface area contributed by atoms with Crippen LogP contribution < -0.4 is 5.73 Å². The van der Waals surface area contributed by atoms with Crippen molar-refractivity contribution in [3.05, 3.63) is 17.7 Å². The average molecular weight is 250 g/mol. The van der Waals surface area contributed by atoms with E-state index in [-0.39, 0.29) is 6.04 Å². The summed E-state index contributed by atoms with van der Waals surface area (Å²) in [5.74, 6) is 1.08. The molecule has 4 nitrogen and oxygen atoms in total. The molecule has 1 aliphatic heterocycles. The Bertz CT molecular complexity index is 383. The van der Waals surface area contributed by atoms with Crippen molar-refractivity contribution in [3.8, 4) is 0 Å². The van der Waals surface area contributed by atoms with Gasteiger partial charge in [-0.05, 0) is 46.7 Å². The molecular weight excluding hydrogens is 224 g/mol. The van der Waals surface area contributed by atoms with Crippen molar-refractivity contribution in [1.82, 2.24) is 14.5 Å². The second-order valence-corrected chi connectivity index (χ2v) is 5.61. The van der Waals surface area contributed by atoms with E-state index in [2.05, 4.69) is 34.6 Å². The van der Waals surface area contributed by atoms with Crippen LogP contribution in [0.15, 0.2) is 6.20 Å². The number of imidazole rings is 1. The third-order valence-corrected chi connectivity index (χ3v) is 4.09. The molecule has 0 aliphatic carbocycles. The fourth-order valence-electron chi connectivity index (χ4n) is 2.78. The molecule has 0 aromatic carbocycles. The predicted octanol–water partition coefficient (Wildman–Crippen LogP) is 2.09. The molecule has 2 atom stereocenters. The summed E-state index contributed by atoms with van der Waals surface area (Å²) in [6.45, 7) is 6.36. The number of rotatable bonds is 4. The summed E-state index contributed by atoms with van der Waals surface area (Å²) < 4.78 is 2.25. The largest absolute Gasteiger partial charge is 0.335 e. The van der Waals surface area contributed by atoms with Gasteiger partial charge in [0.15, 0.2) is 0 Å². The second-order valence-electron chi connectivity index (χ2n) is 5.61. The van der Waals surface area contributed by atoms with E-state index in [0.717, 1.165) is 24.1 Å². The van der Waals surface area contributed by atoms with Crippen LogP contribution in [0.1, 0.15) is 50.2 Å². The Balaban J connectivity index is 1.93. The van der Waals surface area contributed by atoms with Crippen molar-refractivity contribution < 1.29 is 0 Å². The van der Waals surface area contributed by atoms with Crippen LogP contribution in [0, 0.1) is 6.92 Å². The summed E-state index contributed by atoms with van der Waals surface area (Å²) in [6, 6.07) is 0.765. The molecule has 1 fully saturated rings. The zero-order valence-corrected chi connectivity index (χ0v) is 11.9. The van der Waals surface area contributed by atoms with Crippen LogP contribution in [0.3, 0.4) is 0 Å². The lowest BCUT2D eigenvalue weighted by Crippen LogP contribution is -2.36. The van der Waals surface area contributed by atoms with Gasteiger partial charge < -0.3 is 15.2 Å². The molecule has 0 spiro atoms. The van der Waals surface area contributed by atoms with Crippen LogP contribution in [0.5, 0.6) is 0 Å². The van der Waals surface area contributed by atoms with Gasteiger partial charge in [0.05, 0.1) is 5.69 Å². The minimum Gasteiger partial charge on any atom is -0.335 e. The fourth-order valence-corrected chi connectivity index (χ4v) is 2.78. The zero-order valence-electron chi connectivity index (χ0n) is 11.9. The van der Waals surface area contributed by atoms with Gasteiger partial charge >= 0.3 is 0 Å². The van der Waals surface area contributed by atoms with Gasteiger partial charge in [-0.25, -0.2) is 4.98 Å². The van der Waals surface area contributed by atoms with Crippen molar-refractivity contribution in [2.24, 2.45) is 5.73 Å². The molecule has 1 aliphatic rings. The van der Waals surface area contributed by atoms with Gasteiger partial charge in [-0.2, -0.15) is 0 Å². The van der Waals surface area contributed by atoms with Gasteiger partial charge in [0.2, 0.25) is 0 Å². The van der Waals surface area contributed by atoms with Crippen LogP contribution in [0.25, 0.3) is 0 Å². The minimum atomic E-state index is 0.0299. The van der Waals surface area contributed by atoms with E-state index in [0.29, 0.717) is 0 Å². The van der Waals surface area contributed by atoms with Gasteiger partial charge in [-0.15, -0.1) is 0 Å². The third kappa shape index (κ3) is 3.12. The molecule has 2 heterocycles. The van der Waals surface area contributed by atoms with Gasteiger partial charge in [0.25, 0.3) is 0 Å². The molecule has 1 aromatic heterocycles. The molecule has 0 bridgehead atoms. The highest BCUT2D eigenvalue weighted by atomic mass is 15.1. The number of aryl methyl sites for hydroxylation is 2. The number of hydrogen-bond acceptors (Lipinski definition) is 3. The summed E-state index contributed by atoms with van der Waals surface area (Å²) in [6.07, 6.45) is 7.40. The Morgan fingerprint density at radius 3 is 2.89 bits per heavy atom. The maximum atomic E-state index is 5.87. The Hall–Kier alpha value is -0.870. The van der Waals surface area contributed by atoms with Crippen molar-refractivity contribution >= 4 is 0 Å². The van der Waals surface area contributed by atoms with Crippen molar-refractivity contribution in [3.63, 3.8) is 0 Å². The molecular formula is C14H26N4. The molecule has 2 N–H and O–H groups in total. The highest BCUT2D eigenvalue weighted by Gasteiger charge is 2.19. The van der Waals surface area contributed by atoms with Crippen LogP contribution >= 0.6 is 0 Å². The smallest absolute Gasteiger partial charge is 0.105 e. The Morgan fingerprint density at radius 1 is 1.50 bits per heavy atom. The standard InChI is InChI=1S/C14H26N4/c1-11(15)14-10-18(12(2)16-14)9-7-13-6-4-5-8-17(13)3/h10-11,13H,4-9,15H2,1-3H3/t11-,13?/m0/s1. The zero-order chi connectivity index (χ0) is 13.1. The first-order valence-corrected chi connectivity index (χ1v) is 7.07. The molecule has 1 aromatic rings. The van der Waals surface area contributed by atoms with Gasteiger partial charge in [0, 0.05) is 24.8 Å². The quantitative estimate of drug-likeness (QED) is 0.890. The number of likely N-dealkylation sites (tertiary alicyclic amines) is 1. The van der Waals surface area contributed by atoms with Crippen molar-refractivity contribution in [1.29, 1.82) is 0 Å². The summed E-state index contributed by atoms with van der Waals surface area (Å²) in [4.78, 5) is 7.02. The molecule has 0 radical (unpaired) electrons. The number of hydrogen-bond donors (Lipinski definition) is 1. The number of aromatic nitrogens is 2. The van der Waals surface area contributed by atoms with Crippen molar-refractivity contribution in [2.45, 2.75) is 58.2 Å². The highest BCUT2D eigenvalue weighted by Crippen LogP contribution is 2.19. The van der Waals surface area contributed by atoms with Crippen LogP contribution in [-0.4, -0.2) is 34.1 Å². The Morgan fingerprint density at radius 2 is 2.28 bits per heavy atom. The molecule has 0 amide bonds. The monoisotopic (exact) mass is 250 g/mol. The lowest BCUT2D eigenvalue weighted by molar-refractivity contribution is 0.171. The third-order valence-electron chi connectivity index (χ3n) is 4.09. The number of nitrogens with two attached hydrogens (primary N) is 1. The van der Waals surface area contributed by atoms with E-state index >= 15 is 0 Å². The SMILES string of the molecule is Cc1nc([C@H](C)N)cn1CCC1CCCCN1C. The normalized spacial score (nSPS) is 23.2. The van der Waals surface area contributed by atoms with Gasteiger partial charge in [-0.3, -0.25) is 0 Å². The van der Waals surface area contributed by atoms with Crippen LogP contribution in [0.4, 0.5) is 0 Å². The van der Waals surface area contributed by atoms with E-state index in [4.69, 9.17) is 5.73 Å². The molecule has 1 unspecified atom stereocenters. The first-order valence-electron chi connectivity index (χ1n) is 7.07. The fraction of sp³-hybridized carbons (Fsp3) is 0.786. The lowest BCUT2D eigenvalue weighted by atomic mass is 10.0. The van der Waals surface area contributed by atoms with Gasteiger partial charge in [0.1, 0.15) is 5.82 Å². The maximum absolute atomic E-state index is 5.87. The predicted molar refractivity (Wildman–Crippen MR) is 74.5 cm³/mol. The summed E-state index contributed by atoms with van der Waals surface area (Å²) >= 11 is 0. The molecule has 4 heteroatoms. The van der Waals surface area contributed by atoms with Crippen LogP contribution in [-0.2, 0) is 6.54 Å². The Kier molecular flexibility index (Phi) is 4.40. The summed E-state index contributed by atoms with van der Waals surface area (Å²) in [5, 5.41) is 0. The van der Waals surface area contributed by atoms with Crippen molar-refractivity contribution in [2.75, 3.05) is 13.6 Å². The lowest BCUT2D eigenvalue weighted by Gasteiger charge is -2.32. The summed E-state index contributed by atoms with van der Waals surface area (Å²) in [7, 11) is 2.25. The van der Waals surface area contributed by atoms with E-state index in [9.17, 15) is 0 Å². The topological polar surface area (TPSA) is 47.1 Å². The van der Waals surface area contributed by atoms with E-state index in [1.54, 1.807) is 0 Å². The van der Waals surface area contributed by atoms with Gasteiger partial charge in [-0.1, -0.05) is 6.42 Å². The number of nitrogens with zero attached hydrogens (tertiary/aromatic N) is 3. The van der Waals surface area contributed by atoms with E-state index in [1.165, 1.54) is 32.2 Å². The average Bonchev–Trinajstić information content (AvgIpc) is 2.70. The first-order chi connectivity index (χ1) is 8.58. The Labute approximate surface area is 110 Å². The minimum absolute atomic E-state index is 0.0299. The number of piperidine rings is 1. The molecule has 0 saturated carbocycles. The molecule has 102 valence electrons. The van der Waals surface area contributed by atoms with Crippen LogP contribution in [0.2, 0.25) is 0 Å².